The Morgan fingerprint density at radius 1 is 0.680 bits per heavy atom. The van der Waals surface area contributed by atoms with Crippen LogP contribution < -0.4 is 0 Å². The SMILES string of the molecule is O=C(CCC1CCCCC1)N1CCCN(C(=O)C2CCCCC2)CC1. The molecular formula is C21H36N2O2. The number of rotatable bonds is 4. The fraction of sp³-hybridized carbons (Fsp3) is 0.905. The maximum Gasteiger partial charge on any atom is 0.225 e. The van der Waals surface area contributed by atoms with Crippen LogP contribution in [0.15, 0.2) is 0 Å². The van der Waals surface area contributed by atoms with Crippen molar-refractivity contribution in [2.24, 2.45) is 11.8 Å². The number of hydrogen-bond acceptors (Lipinski definition) is 2. The van der Waals surface area contributed by atoms with Crippen LogP contribution in [-0.2, 0) is 9.59 Å². The van der Waals surface area contributed by atoms with Crippen LogP contribution in [0, 0.1) is 11.8 Å². The topological polar surface area (TPSA) is 40.6 Å². The molecule has 1 aliphatic heterocycles. The molecule has 3 fully saturated rings. The lowest BCUT2D eigenvalue weighted by Gasteiger charge is -2.28. The van der Waals surface area contributed by atoms with Crippen LogP contribution in [0.3, 0.4) is 0 Å². The minimum absolute atomic E-state index is 0.252. The van der Waals surface area contributed by atoms with Gasteiger partial charge in [0.15, 0.2) is 0 Å². The Hall–Kier alpha value is -1.06. The highest BCUT2D eigenvalue weighted by molar-refractivity contribution is 5.79. The number of carbonyl (C=O) groups excluding carboxylic acids is 2. The van der Waals surface area contributed by atoms with E-state index in [9.17, 15) is 9.59 Å². The van der Waals surface area contributed by atoms with Crippen molar-refractivity contribution in [2.75, 3.05) is 26.2 Å². The van der Waals surface area contributed by atoms with Gasteiger partial charge < -0.3 is 9.80 Å². The van der Waals surface area contributed by atoms with E-state index in [4.69, 9.17) is 0 Å². The second-order valence-electron chi connectivity index (χ2n) is 8.44. The van der Waals surface area contributed by atoms with Crippen molar-refractivity contribution >= 4 is 11.8 Å². The first-order valence-electron chi connectivity index (χ1n) is 10.8. The zero-order valence-electron chi connectivity index (χ0n) is 15.9. The van der Waals surface area contributed by atoms with E-state index in [2.05, 4.69) is 0 Å². The van der Waals surface area contributed by atoms with Crippen LogP contribution in [0.1, 0.15) is 83.5 Å². The molecule has 0 spiro atoms. The Bertz CT molecular complexity index is 439. The molecule has 1 heterocycles. The van der Waals surface area contributed by atoms with E-state index in [-0.39, 0.29) is 5.92 Å². The predicted molar refractivity (Wildman–Crippen MR) is 100 cm³/mol. The fourth-order valence-corrected chi connectivity index (χ4v) is 4.96. The molecular weight excluding hydrogens is 312 g/mol. The molecule has 3 rings (SSSR count). The van der Waals surface area contributed by atoms with Gasteiger partial charge in [-0.1, -0.05) is 51.4 Å². The molecule has 4 heteroatoms. The number of amides is 2. The molecule has 0 atom stereocenters. The second kappa shape index (κ2) is 9.59. The monoisotopic (exact) mass is 348 g/mol. The van der Waals surface area contributed by atoms with Gasteiger partial charge in [0.2, 0.25) is 11.8 Å². The average Bonchev–Trinajstić information content (AvgIpc) is 2.93. The Balaban J connectivity index is 1.42. The van der Waals surface area contributed by atoms with Crippen LogP contribution in [0.2, 0.25) is 0 Å². The summed E-state index contributed by atoms with van der Waals surface area (Å²) in [6, 6.07) is 0. The molecule has 4 nitrogen and oxygen atoms in total. The Labute approximate surface area is 153 Å². The second-order valence-corrected chi connectivity index (χ2v) is 8.44. The van der Waals surface area contributed by atoms with Crippen molar-refractivity contribution in [3.8, 4) is 0 Å². The minimum Gasteiger partial charge on any atom is -0.341 e. The van der Waals surface area contributed by atoms with E-state index >= 15 is 0 Å². The van der Waals surface area contributed by atoms with Gasteiger partial charge in [-0.05, 0) is 31.6 Å². The molecule has 2 amide bonds. The highest BCUT2D eigenvalue weighted by Crippen LogP contribution is 2.28. The summed E-state index contributed by atoms with van der Waals surface area (Å²) >= 11 is 0. The molecule has 2 aliphatic carbocycles. The van der Waals surface area contributed by atoms with Crippen LogP contribution >= 0.6 is 0 Å². The summed E-state index contributed by atoms with van der Waals surface area (Å²) in [5.74, 6) is 1.70. The van der Waals surface area contributed by atoms with Gasteiger partial charge in [0, 0.05) is 38.5 Å². The van der Waals surface area contributed by atoms with Gasteiger partial charge in [-0.2, -0.15) is 0 Å². The van der Waals surface area contributed by atoms with Gasteiger partial charge >= 0.3 is 0 Å². The average molecular weight is 349 g/mol. The van der Waals surface area contributed by atoms with E-state index in [0.717, 1.165) is 57.8 Å². The highest BCUT2D eigenvalue weighted by atomic mass is 16.2. The van der Waals surface area contributed by atoms with Crippen molar-refractivity contribution in [3.05, 3.63) is 0 Å². The smallest absolute Gasteiger partial charge is 0.225 e. The molecule has 2 saturated carbocycles. The van der Waals surface area contributed by atoms with Crippen LogP contribution in [0.4, 0.5) is 0 Å². The van der Waals surface area contributed by atoms with Crippen molar-refractivity contribution in [2.45, 2.75) is 83.5 Å². The van der Waals surface area contributed by atoms with E-state index in [1.807, 2.05) is 9.80 Å². The number of nitrogens with zero attached hydrogens (tertiary/aromatic N) is 2. The summed E-state index contributed by atoms with van der Waals surface area (Å²) < 4.78 is 0. The largest absolute Gasteiger partial charge is 0.341 e. The molecule has 0 bridgehead atoms. The van der Waals surface area contributed by atoms with Gasteiger partial charge in [0.1, 0.15) is 0 Å². The summed E-state index contributed by atoms with van der Waals surface area (Å²) in [5, 5.41) is 0. The van der Waals surface area contributed by atoms with Crippen molar-refractivity contribution < 1.29 is 9.59 Å². The van der Waals surface area contributed by atoms with Gasteiger partial charge in [0.25, 0.3) is 0 Å². The van der Waals surface area contributed by atoms with E-state index in [1.165, 1.54) is 51.4 Å². The molecule has 0 aromatic heterocycles. The molecule has 25 heavy (non-hydrogen) atoms. The minimum atomic E-state index is 0.252. The quantitative estimate of drug-likeness (QED) is 0.771. The van der Waals surface area contributed by atoms with E-state index < -0.39 is 0 Å². The molecule has 0 radical (unpaired) electrons. The molecule has 0 unspecified atom stereocenters. The maximum atomic E-state index is 12.7. The third-order valence-electron chi connectivity index (χ3n) is 6.61. The maximum absolute atomic E-state index is 12.7. The fourth-order valence-electron chi connectivity index (χ4n) is 4.96. The van der Waals surface area contributed by atoms with Crippen LogP contribution in [-0.4, -0.2) is 47.8 Å². The van der Waals surface area contributed by atoms with Gasteiger partial charge in [-0.25, -0.2) is 0 Å². The van der Waals surface area contributed by atoms with Crippen molar-refractivity contribution in [3.63, 3.8) is 0 Å². The molecule has 0 aromatic rings. The molecule has 0 N–H and O–H groups in total. The first-order valence-corrected chi connectivity index (χ1v) is 10.8. The van der Waals surface area contributed by atoms with E-state index in [1.54, 1.807) is 0 Å². The predicted octanol–water partition coefficient (Wildman–Crippen LogP) is 3.99. The first kappa shape index (κ1) is 18.7. The summed E-state index contributed by atoms with van der Waals surface area (Å²) in [5.41, 5.74) is 0. The zero-order chi connectivity index (χ0) is 17.5. The summed E-state index contributed by atoms with van der Waals surface area (Å²) in [6.45, 7) is 3.14. The van der Waals surface area contributed by atoms with Gasteiger partial charge in [-0.15, -0.1) is 0 Å². The molecule has 1 saturated heterocycles. The van der Waals surface area contributed by atoms with Crippen LogP contribution in [0.25, 0.3) is 0 Å². The Morgan fingerprint density at radius 2 is 1.28 bits per heavy atom. The Morgan fingerprint density at radius 3 is 2.00 bits per heavy atom. The Kier molecular flexibility index (Phi) is 7.18. The van der Waals surface area contributed by atoms with E-state index in [0.29, 0.717) is 18.2 Å². The van der Waals surface area contributed by atoms with Crippen LogP contribution in [0.5, 0.6) is 0 Å². The summed E-state index contributed by atoms with van der Waals surface area (Å²) in [6.07, 6.45) is 15.3. The van der Waals surface area contributed by atoms with Crippen molar-refractivity contribution in [1.29, 1.82) is 0 Å². The number of hydrogen-bond donors (Lipinski definition) is 0. The third-order valence-corrected chi connectivity index (χ3v) is 6.61. The normalized spacial score (nSPS) is 24.2. The summed E-state index contributed by atoms with van der Waals surface area (Å²) in [7, 11) is 0. The molecule has 142 valence electrons. The lowest BCUT2D eigenvalue weighted by molar-refractivity contribution is -0.137. The lowest BCUT2D eigenvalue weighted by atomic mass is 9.86. The van der Waals surface area contributed by atoms with Gasteiger partial charge in [-0.3, -0.25) is 9.59 Å². The molecule has 3 aliphatic rings. The zero-order valence-corrected chi connectivity index (χ0v) is 15.9. The highest BCUT2D eigenvalue weighted by Gasteiger charge is 2.28. The third kappa shape index (κ3) is 5.46. The first-order chi connectivity index (χ1) is 12.2. The standard InChI is InChI=1S/C21H36N2O2/c24-20(13-12-18-8-3-1-4-9-18)22-14-7-15-23(17-16-22)21(25)19-10-5-2-6-11-19/h18-19H,1-17H2. The van der Waals surface area contributed by atoms with Crippen molar-refractivity contribution in [1.82, 2.24) is 9.80 Å². The summed E-state index contributed by atoms with van der Waals surface area (Å²) in [4.78, 5) is 29.4. The number of carbonyl (C=O) groups is 2. The lowest BCUT2D eigenvalue weighted by Crippen LogP contribution is -2.40. The van der Waals surface area contributed by atoms with Gasteiger partial charge in [0.05, 0.1) is 0 Å². The molecule has 0 aromatic carbocycles.